The monoisotopic (exact) mass is 205 g/mol. The molecule has 80 valence electrons. The molecule has 3 nitrogen and oxygen atoms in total. The highest BCUT2D eigenvalue weighted by atomic mass is 16.1. The Morgan fingerprint density at radius 1 is 1.27 bits per heavy atom. The van der Waals surface area contributed by atoms with Crippen LogP contribution in [0.15, 0.2) is 24.3 Å². The number of carbonyl (C=O) groups excluding carboxylic acids is 1. The number of anilines is 1. The third-order valence-electron chi connectivity index (χ3n) is 2.91. The van der Waals surface area contributed by atoms with Gasteiger partial charge in [0.25, 0.3) is 0 Å². The van der Waals surface area contributed by atoms with Crippen LogP contribution in [0.3, 0.4) is 0 Å². The van der Waals surface area contributed by atoms with E-state index in [0.29, 0.717) is 6.42 Å². The van der Waals surface area contributed by atoms with Crippen molar-refractivity contribution < 1.29 is 9.28 Å². The van der Waals surface area contributed by atoms with E-state index in [4.69, 9.17) is 0 Å². The zero-order valence-electron chi connectivity index (χ0n) is 9.45. The largest absolute Gasteiger partial charge is 0.325 e. The zero-order valence-corrected chi connectivity index (χ0v) is 9.45. The molecule has 1 aliphatic heterocycles. The van der Waals surface area contributed by atoms with Crippen LogP contribution in [0.4, 0.5) is 5.69 Å². The second kappa shape index (κ2) is 3.35. The third-order valence-corrected chi connectivity index (χ3v) is 2.91. The maximum Gasteiger partial charge on any atom is 0.230 e. The molecule has 0 saturated carbocycles. The van der Waals surface area contributed by atoms with Gasteiger partial charge in [-0.05, 0) is 6.07 Å². The van der Waals surface area contributed by atoms with Crippen LogP contribution in [0.1, 0.15) is 18.0 Å². The summed E-state index contributed by atoms with van der Waals surface area (Å²) in [5, 5.41) is 2.91. The molecule has 1 atom stereocenters. The lowest BCUT2D eigenvalue weighted by molar-refractivity contribution is -0.901. The molecule has 2 rings (SSSR count). The van der Waals surface area contributed by atoms with Crippen LogP contribution in [0, 0.1) is 0 Å². The van der Waals surface area contributed by atoms with Crippen molar-refractivity contribution in [2.75, 3.05) is 26.5 Å². The SMILES string of the molecule is C[N+](C)(C)C1CC(=O)Nc2ccccc21. The number of rotatable bonds is 1. The van der Waals surface area contributed by atoms with Crippen LogP contribution < -0.4 is 5.32 Å². The second-order valence-electron chi connectivity index (χ2n) is 4.97. The van der Waals surface area contributed by atoms with Crippen molar-refractivity contribution in [2.24, 2.45) is 0 Å². The molecular weight excluding hydrogens is 188 g/mol. The van der Waals surface area contributed by atoms with E-state index in [1.807, 2.05) is 18.2 Å². The number of benzene rings is 1. The van der Waals surface area contributed by atoms with Gasteiger partial charge in [-0.15, -0.1) is 0 Å². The van der Waals surface area contributed by atoms with E-state index in [-0.39, 0.29) is 11.9 Å². The van der Waals surface area contributed by atoms with Crippen LogP contribution >= 0.6 is 0 Å². The first-order chi connectivity index (χ1) is 6.98. The molecule has 1 amide bonds. The first-order valence-corrected chi connectivity index (χ1v) is 5.18. The molecule has 0 radical (unpaired) electrons. The van der Waals surface area contributed by atoms with E-state index < -0.39 is 0 Å². The first kappa shape index (κ1) is 10.2. The average molecular weight is 205 g/mol. The lowest BCUT2D eigenvalue weighted by Crippen LogP contribution is -2.43. The first-order valence-electron chi connectivity index (χ1n) is 5.18. The molecule has 1 aromatic carbocycles. The number of para-hydroxylation sites is 1. The normalized spacial score (nSPS) is 20.7. The van der Waals surface area contributed by atoms with Crippen LogP contribution in [0.5, 0.6) is 0 Å². The summed E-state index contributed by atoms with van der Waals surface area (Å²) in [7, 11) is 6.38. The summed E-state index contributed by atoms with van der Waals surface area (Å²) >= 11 is 0. The molecule has 0 bridgehead atoms. The van der Waals surface area contributed by atoms with Gasteiger partial charge in [0, 0.05) is 11.3 Å². The summed E-state index contributed by atoms with van der Waals surface area (Å²) < 4.78 is 0.782. The number of carbonyl (C=O) groups is 1. The van der Waals surface area contributed by atoms with Gasteiger partial charge in [0.2, 0.25) is 5.91 Å². The van der Waals surface area contributed by atoms with Crippen molar-refractivity contribution >= 4 is 11.6 Å². The maximum atomic E-state index is 11.6. The van der Waals surface area contributed by atoms with Gasteiger partial charge >= 0.3 is 0 Å². The fourth-order valence-electron chi connectivity index (χ4n) is 2.08. The summed E-state index contributed by atoms with van der Waals surface area (Å²) in [5.41, 5.74) is 2.21. The summed E-state index contributed by atoms with van der Waals surface area (Å²) in [4.78, 5) is 11.6. The molecule has 1 unspecified atom stereocenters. The van der Waals surface area contributed by atoms with Crippen LogP contribution in [0.2, 0.25) is 0 Å². The van der Waals surface area contributed by atoms with Gasteiger partial charge in [-0.25, -0.2) is 0 Å². The number of quaternary nitrogens is 1. The Morgan fingerprint density at radius 2 is 1.93 bits per heavy atom. The molecule has 0 spiro atoms. The van der Waals surface area contributed by atoms with E-state index >= 15 is 0 Å². The Kier molecular flexibility index (Phi) is 2.27. The molecule has 1 N–H and O–H groups in total. The van der Waals surface area contributed by atoms with Crippen molar-refractivity contribution in [2.45, 2.75) is 12.5 Å². The predicted molar refractivity (Wildman–Crippen MR) is 60.5 cm³/mol. The second-order valence-corrected chi connectivity index (χ2v) is 4.97. The smallest absolute Gasteiger partial charge is 0.230 e. The van der Waals surface area contributed by atoms with Crippen LogP contribution in [0.25, 0.3) is 0 Å². The van der Waals surface area contributed by atoms with Crippen LogP contribution in [-0.2, 0) is 4.79 Å². The Morgan fingerprint density at radius 3 is 2.60 bits per heavy atom. The van der Waals surface area contributed by atoms with Crippen molar-refractivity contribution in [3.63, 3.8) is 0 Å². The van der Waals surface area contributed by atoms with E-state index in [0.717, 1.165) is 10.2 Å². The number of hydrogen-bond donors (Lipinski definition) is 1. The third kappa shape index (κ3) is 1.88. The fourth-order valence-corrected chi connectivity index (χ4v) is 2.08. The van der Waals surface area contributed by atoms with Crippen molar-refractivity contribution in [1.29, 1.82) is 0 Å². The standard InChI is InChI=1S/C12H16N2O/c1-14(2,3)11-8-12(15)13-10-7-5-4-6-9(10)11/h4-7,11H,8H2,1-3H3/p+1. The summed E-state index contributed by atoms with van der Waals surface area (Å²) in [5.74, 6) is 0.117. The maximum absolute atomic E-state index is 11.6. The fraction of sp³-hybridized carbons (Fsp3) is 0.417. The molecule has 15 heavy (non-hydrogen) atoms. The highest BCUT2D eigenvalue weighted by Crippen LogP contribution is 2.35. The highest BCUT2D eigenvalue weighted by Gasteiger charge is 2.33. The van der Waals surface area contributed by atoms with Gasteiger partial charge in [0.1, 0.15) is 6.04 Å². The Labute approximate surface area is 90.3 Å². The Hall–Kier alpha value is -1.35. The molecule has 1 heterocycles. The molecule has 0 aliphatic carbocycles. The molecule has 0 saturated heterocycles. The topological polar surface area (TPSA) is 29.1 Å². The zero-order chi connectivity index (χ0) is 11.1. The van der Waals surface area contributed by atoms with Gasteiger partial charge in [-0.2, -0.15) is 0 Å². The minimum Gasteiger partial charge on any atom is -0.325 e. The number of hydrogen-bond acceptors (Lipinski definition) is 1. The lowest BCUT2D eigenvalue weighted by atomic mass is 9.95. The number of amides is 1. The van der Waals surface area contributed by atoms with Gasteiger partial charge in [0.15, 0.2) is 0 Å². The van der Waals surface area contributed by atoms with Crippen molar-refractivity contribution in [3.8, 4) is 0 Å². The average Bonchev–Trinajstić information content (AvgIpc) is 2.15. The van der Waals surface area contributed by atoms with Gasteiger partial charge < -0.3 is 9.80 Å². The molecular formula is C12H17N2O+. The molecule has 1 aromatic rings. The van der Waals surface area contributed by atoms with Crippen molar-refractivity contribution in [3.05, 3.63) is 29.8 Å². The van der Waals surface area contributed by atoms with E-state index in [1.54, 1.807) is 0 Å². The van der Waals surface area contributed by atoms with Crippen LogP contribution in [-0.4, -0.2) is 31.5 Å². The summed E-state index contributed by atoms with van der Waals surface area (Å²) in [6.07, 6.45) is 0.570. The van der Waals surface area contributed by atoms with E-state index in [9.17, 15) is 4.79 Å². The number of fused-ring (bicyclic) bond motifs is 1. The Bertz CT molecular complexity index is 393. The van der Waals surface area contributed by atoms with Crippen molar-refractivity contribution in [1.82, 2.24) is 0 Å². The summed E-state index contributed by atoms with van der Waals surface area (Å²) in [6, 6.07) is 8.31. The number of nitrogens with one attached hydrogen (secondary N) is 1. The quantitative estimate of drug-likeness (QED) is 0.696. The highest BCUT2D eigenvalue weighted by molar-refractivity contribution is 5.94. The molecule has 0 fully saturated rings. The van der Waals surface area contributed by atoms with Gasteiger partial charge in [-0.1, -0.05) is 18.2 Å². The number of nitrogens with zero attached hydrogens (tertiary/aromatic N) is 1. The van der Waals surface area contributed by atoms with E-state index in [2.05, 4.69) is 32.5 Å². The molecule has 1 aliphatic rings. The van der Waals surface area contributed by atoms with Gasteiger partial charge in [0.05, 0.1) is 27.6 Å². The molecule has 3 heteroatoms. The minimum absolute atomic E-state index is 0.117. The predicted octanol–water partition coefficient (Wildman–Crippen LogP) is 1.78. The van der Waals surface area contributed by atoms with Gasteiger partial charge in [-0.3, -0.25) is 4.79 Å². The lowest BCUT2D eigenvalue weighted by Gasteiger charge is -2.37. The van der Waals surface area contributed by atoms with E-state index in [1.165, 1.54) is 5.56 Å². The molecule has 0 aromatic heterocycles. The summed E-state index contributed by atoms with van der Waals surface area (Å²) in [6.45, 7) is 0. The minimum atomic E-state index is 0.117. The Balaban J connectivity index is 2.47.